The van der Waals surface area contributed by atoms with Crippen molar-refractivity contribution in [1.29, 1.82) is 0 Å². The van der Waals surface area contributed by atoms with Crippen LogP contribution in [0.25, 0.3) is 11.0 Å². The third kappa shape index (κ3) is 5.12. The third-order valence-electron chi connectivity index (χ3n) is 4.28. The van der Waals surface area contributed by atoms with Gasteiger partial charge in [-0.05, 0) is 29.8 Å². The molecule has 1 unspecified atom stereocenters. The van der Waals surface area contributed by atoms with E-state index in [1.165, 1.54) is 12.1 Å². The molecule has 1 aromatic heterocycles. The van der Waals surface area contributed by atoms with Gasteiger partial charge in [0.2, 0.25) is 5.91 Å². The van der Waals surface area contributed by atoms with E-state index in [1.54, 1.807) is 25.6 Å². The van der Waals surface area contributed by atoms with Gasteiger partial charge in [0.15, 0.2) is 0 Å². The number of halogens is 1. The van der Waals surface area contributed by atoms with Gasteiger partial charge in [-0.1, -0.05) is 24.3 Å². The SMILES string of the molecule is COCCNCC(=O)NC(Cn1cnc2ccccc21)c1ccc(F)cc1. The molecule has 0 saturated heterocycles. The molecule has 3 rings (SSSR count). The van der Waals surface area contributed by atoms with Crippen molar-refractivity contribution >= 4 is 16.9 Å². The second kappa shape index (κ2) is 9.25. The van der Waals surface area contributed by atoms with Crippen molar-refractivity contribution in [2.45, 2.75) is 12.6 Å². The highest BCUT2D eigenvalue weighted by Crippen LogP contribution is 2.19. The first-order valence-corrected chi connectivity index (χ1v) is 8.81. The molecule has 0 radical (unpaired) electrons. The standard InChI is InChI=1S/C20H23FN4O2/c1-27-11-10-22-12-20(26)24-18(15-6-8-16(21)9-7-15)13-25-14-23-17-4-2-3-5-19(17)25/h2-9,14,18,22H,10-13H2,1H3,(H,24,26). The van der Waals surface area contributed by atoms with Crippen molar-refractivity contribution in [3.8, 4) is 0 Å². The summed E-state index contributed by atoms with van der Waals surface area (Å²) >= 11 is 0. The zero-order chi connectivity index (χ0) is 19.1. The molecule has 1 heterocycles. The minimum absolute atomic E-state index is 0.134. The topological polar surface area (TPSA) is 68.2 Å². The lowest BCUT2D eigenvalue weighted by Gasteiger charge is -2.20. The first-order valence-electron chi connectivity index (χ1n) is 8.81. The van der Waals surface area contributed by atoms with Crippen LogP contribution in [0.1, 0.15) is 11.6 Å². The van der Waals surface area contributed by atoms with Gasteiger partial charge in [-0.3, -0.25) is 4.79 Å². The fraction of sp³-hybridized carbons (Fsp3) is 0.300. The molecular formula is C20H23FN4O2. The number of hydrogen-bond acceptors (Lipinski definition) is 4. The smallest absolute Gasteiger partial charge is 0.234 e. The first kappa shape index (κ1) is 19.0. The molecule has 0 saturated carbocycles. The number of hydrogen-bond donors (Lipinski definition) is 2. The summed E-state index contributed by atoms with van der Waals surface area (Å²) in [6.07, 6.45) is 1.75. The summed E-state index contributed by atoms with van der Waals surface area (Å²) in [5.41, 5.74) is 2.71. The van der Waals surface area contributed by atoms with Crippen LogP contribution in [0, 0.1) is 5.82 Å². The number of ether oxygens (including phenoxy) is 1. The number of carbonyl (C=O) groups is 1. The fourth-order valence-electron chi connectivity index (χ4n) is 2.90. The molecule has 7 heteroatoms. The van der Waals surface area contributed by atoms with Gasteiger partial charge < -0.3 is 19.9 Å². The quantitative estimate of drug-likeness (QED) is 0.567. The van der Waals surface area contributed by atoms with Gasteiger partial charge in [0.05, 0.1) is 36.6 Å². The molecule has 2 aromatic carbocycles. The van der Waals surface area contributed by atoms with Crippen LogP contribution in [0.15, 0.2) is 54.9 Å². The maximum absolute atomic E-state index is 13.3. The van der Waals surface area contributed by atoms with Crippen LogP contribution >= 0.6 is 0 Å². The Morgan fingerprint density at radius 2 is 2.00 bits per heavy atom. The zero-order valence-electron chi connectivity index (χ0n) is 15.2. The molecule has 1 amide bonds. The van der Waals surface area contributed by atoms with E-state index in [0.717, 1.165) is 16.6 Å². The second-order valence-electron chi connectivity index (χ2n) is 6.23. The van der Waals surface area contributed by atoms with E-state index in [9.17, 15) is 9.18 Å². The molecular weight excluding hydrogens is 347 g/mol. The van der Waals surface area contributed by atoms with Crippen molar-refractivity contribution < 1.29 is 13.9 Å². The highest BCUT2D eigenvalue weighted by molar-refractivity contribution is 5.78. The highest BCUT2D eigenvalue weighted by atomic mass is 19.1. The predicted molar refractivity (Wildman–Crippen MR) is 102 cm³/mol. The summed E-state index contributed by atoms with van der Waals surface area (Å²) in [5.74, 6) is -0.442. The number of carbonyl (C=O) groups excluding carboxylic acids is 1. The molecule has 0 aliphatic heterocycles. The normalized spacial score (nSPS) is 12.2. The Morgan fingerprint density at radius 1 is 1.22 bits per heavy atom. The van der Waals surface area contributed by atoms with Crippen LogP contribution in [0.5, 0.6) is 0 Å². The molecule has 6 nitrogen and oxygen atoms in total. The summed E-state index contributed by atoms with van der Waals surface area (Å²) in [4.78, 5) is 16.7. The zero-order valence-corrected chi connectivity index (χ0v) is 15.2. The van der Waals surface area contributed by atoms with Crippen molar-refractivity contribution in [3.63, 3.8) is 0 Å². The number of benzene rings is 2. The molecule has 0 spiro atoms. The van der Waals surface area contributed by atoms with E-state index in [4.69, 9.17) is 4.74 Å². The van der Waals surface area contributed by atoms with Crippen LogP contribution in [0.2, 0.25) is 0 Å². The maximum Gasteiger partial charge on any atom is 0.234 e. The van der Waals surface area contributed by atoms with Crippen molar-refractivity contribution in [2.24, 2.45) is 0 Å². The number of para-hydroxylation sites is 2. The molecule has 3 aromatic rings. The number of nitrogens with zero attached hydrogens (tertiary/aromatic N) is 2. The van der Waals surface area contributed by atoms with Crippen LogP contribution in [0.4, 0.5) is 4.39 Å². The Kier molecular flexibility index (Phi) is 6.51. The van der Waals surface area contributed by atoms with E-state index in [1.807, 2.05) is 28.8 Å². The number of rotatable bonds is 9. The molecule has 0 bridgehead atoms. The average Bonchev–Trinajstić information content (AvgIpc) is 3.08. The molecule has 142 valence electrons. The predicted octanol–water partition coefficient (Wildman–Crippen LogP) is 2.27. The van der Waals surface area contributed by atoms with Gasteiger partial charge in [0.1, 0.15) is 5.82 Å². The van der Waals surface area contributed by atoms with Crippen molar-refractivity contribution in [2.75, 3.05) is 26.8 Å². The molecule has 1 atom stereocenters. The third-order valence-corrected chi connectivity index (χ3v) is 4.28. The van der Waals surface area contributed by atoms with Crippen LogP contribution in [-0.4, -0.2) is 42.3 Å². The summed E-state index contributed by atoms with van der Waals surface area (Å²) in [7, 11) is 1.61. The summed E-state index contributed by atoms with van der Waals surface area (Å²) in [6, 6.07) is 13.7. The van der Waals surface area contributed by atoms with Gasteiger partial charge in [0, 0.05) is 20.2 Å². The Labute approximate surface area is 157 Å². The summed E-state index contributed by atoms with van der Waals surface area (Å²) in [6.45, 7) is 1.81. The van der Waals surface area contributed by atoms with Gasteiger partial charge in [-0.25, -0.2) is 9.37 Å². The number of methoxy groups -OCH3 is 1. The molecule has 27 heavy (non-hydrogen) atoms. The molecule has 2 N–H and O–H groups in total. The number of aromatic nitrogens is 2. The maximum atomic E-state index is 13.3. The lowest BCUT2D eigenvalue weighted by Crippen LogP contribution is -2.38. The van der Waals surface area contributed by atoms with Gasteiger partial charge in [-0.15, -0.1) is 0 Å². The largest absolute Gasteiger partial charge is 0.383 e. The van der Waals surface area contributed by atoms with Crippen molar-refractivity contribution in [1.82, 2.24) is 20.2 Å². The Bertz CT molecular complexity index is 879. The van der Waals surface area contributed by atoms with Crippen LogP contribution < -0.4 is 10.6 Å². The highest BCUT2D eigenvalue weighted by Gasteiger charge is 2.16. The van der Waals surface area contributed by atoms with Gasteiger partial charge in [0.25, 0.3) is 0 Å². The van der Waals surface area contributed by atoms with Crippen LogP contribution in [-0.2, 0) is 16.1 Å². The Morgan fingerprint density at radius 3 is 2.78 bits per heavy atom. The monoisotopic (exact) mass is 370 g/mol. The fourth-order valence-corrected chi connectivity index (χ4v) is 2.90. The minimum Gasteiger partial charge on any atom is -0.383 e. The second-order valence-corrected chi connectivity index (χ2v) is 6.23. The number of imidazole rings is 1. The Hall–Kier alpha value is -2.77. The summed E-state index contributed by atoms with van der Waals surface area (Å²) < 4.78 is 20.3. The Balaban J connectivity index is 1.75. The molecule has 0 aliphatic carbocycles. The van der Waals surface area contributed by atoms with E-state index >= 15 is 0 Å². The number of amides is 1. The minimum atomic E-state index is -0.307. The van der Waals surface area contributed by atoms with Gasteiger partial charge >= 0.3 is 0 Å². The first-order chi connectivity index (χ1) is 13.2. The van der Waals surface area contributed by atoms with E-state index in [2.05, 4.69) is 15.6 Å². The number of nitrogens with one attached hydrogen (secondary N) is 2. The molecule has 0 aliphatic rings. The lowest BCUT2D eigenvalue weighted by molar-refractivity contribution is -0.121. The lowest BCUT2D eigenvalue weighted by atomic mass is 10.1. The van der Waals surface area contributed by atoms with Gasteiger partial charge in [-0.2, -0.15) is 0 Å². The van der Waals surface area contributed by atoms with Crippen molar-refractivity contribution in [3.05, 3.63) is 66.2 Å². The number of fused-ring (bicyclic) bond motifs is 1. The van der Waals surface area contributed by atoms with E-state index < -0.39 is 0 Å². The average molecular weight is 370 g/mol. The van der Waals surface area contributed by atoms with E-state index in [-0.39, 0.29) is 24.3 Å². The van der Waals surface area contributed by atoms with Crippen LogP contribution in [0.3, 0.4) is 0 Å². The summed E-state index contributed by atoms with van der Waals surface area (Å²) in [5, 5.41) is 6.04. The molecule has 0 fully saturated rings. The van der Waals surface area contributed by atoms with E-state index in [0.29, 0.717) is 19.7 Å².